The SMILES string of the molecule is O=C(Cc1c[nH]c2ccccc12)NC1CC=CCC1. The maximum atomic E-state index is 12.1. The first kappa shape index (κ1) is 12.0. The number of para-hydroxylation sites is 1. The second-order valence-electron chi connectivity index (χ2n) is 5.09. The van der Waals surface area contributed by atoms with Gasteiger partial charge in [-0.05, 0) is 30.9 Å². The van der Waals surface area contributed by atoms with Crippen molar-refractivity contribution in [3.05, 3.63) is 48.2 Å². The third-order valence-corrected chi connectivity index (χ3v) is 3.66. The summed E-state index contributed by atoms with van der Waals surface area (Å²) in [6, 6.07) is 8.39. The fourth-order valence-corrected chi connectivity index (χ4v) is 2.65. The van der Waals surface area contributed by atoms with Gasteiger partial charge in [0.1, 0.15) is 0 Å². The number of hydrogen-bond donors (Lipinski definition) is 2. The van der Waals surface area contributed by atoms with Crippen LogP contribution in [0.2, 0.25) is 0 Å². The van der Waals surface area contributed by atoms with Gasteiger partial charge in [-0.3, -0.25) is 4.79 Å². The zero-order valence-corrected chi connectivity index (χ0v) is 10.9. The molecule has 3 heteroatoms. The Kier molecular flexibility index (Phi) is 3.36. The van der Waals surface area contributed by atoms with Gasteiger partial charge in [0.25, 0.3) is 0 Å². The van der Waals surface area contributed by atoms with Crippen LogP contribution in [0.25, 0.3) is 10.9 Å². The summed E-state index contributed by atoms with van der Waals surface area (Å²) < 4.78 is 0. The molecule has 1 aromatic heterocycles. The molecule has 1 aliphatic carbocycles. The number of amides is 1. The van der Waals surface area contributed by atoms with Crippen LogP contribution in [0.15, 0.2) is 42.6 Å². The van der Waals surface area contributed by atoms with E-state index in [9.17, 15) is 4.79 Å². The lowest BCUT2D eigenvalue weighted by Crippen LogP contribution is -2.36. The maximum absolute atomic E-state index is 12.1. The van der Waals surface area contributed by atoms with E-state index in [-0.39, 0.29) is 5.91 Å². The molecule has 0 bridgehead atoms. The topological polar surface area (TPSA) is 44.9 Å². The Balaban J connectivity index is 1.67. The van der Waals surface area contributed by atoms with E-state index in [1.807, 2.05) is 24.4 Å². The van der Waals surface area contributed by atoms with E-state index >= 15 is 0 Å². The van der Waals surface area contributed by atoms with Crippen LogP contribution >= 0.6 is 0 Å². The molecule has 1 heterocycles. The molecule has 1 unspecified atom stereocenters. The van der Waals surface area contributed by atoms with Gasteiger partial charge in [-0.2, -0.15) is 0 Å². The molecule has 0 saturated heterocycles. The predicted octanol–water partition coefficient (Wildman–Crippen LogP) is 2.94. The fraction of sp³-hybridized carbons (Fsp3) is 0.312. The summed E-state index contributed by atoms with van der Waals surface area (Å²) in [4.78, 5) is 15.3. The van der Waals surface area contributed by atoms with E-state index in [2.05, 4.69) is 28.5 Å². The maximum Gasteiger partial charge on any atom is 0.224 e. The Morgan fingerprint density at radius 2 is 2.21 bits per heavy atom. The van der Waals surface area contributed by atoms with E-state index in [1.165, 1.54) is 0 Å². The number of carbonyl (C=O) groups is 1. The molecule has 2 aromatic rings. The Bertz CT molecular complexity index is 612. The van der Waals surface area contributed by atoms with Crippen molar-refractivity contribution < 1.29 is 4.79 Å². The second kappa shape index (κ2) is 5.31. The highest BCUT2D eigenvalue weighted by Gasteiger charge is 2.14. The van der Waals surface area contributed by atoms with Crippen LogP contribution in [-0.4, -0.2) is 16.9 Å². The van der Waals surface area contributed by atoms with Crippen molar-refractivity contribution in [2.75, 3.05) is 0 Å². The van der Waals surface area contributed by atoms with Crippen LogP contribution in [0.5, 0.6) is 0 Å². The van der Waals surface area contributed by atoms with Gasteiger partial charge < -0.3 is 10.3 Å². The van der Waals surface area contributed by atoms with Gasteiger partial charge in [-0.1, -0.05) is 30.4 Å². The Labute approximate surface area is 112 Å². The van der Waals surface area contributed by atoms with Gasteiger partial charge in [0.2, 0.25) is 5.91 Å². The fourth-order valence-electron chi connectivity index (χ4n) is 2.65. The molecule has 3 nitrogen and oxygen atoms in total. The van der Waals surface area contributed by atoms with Crippen molar-refractivity contribution in [2.24, 2.45) is 0 Å². The molecule has 0 fully saturated rings. The Morgan fingerprint density at radius 3 is 3.05 bits per heavy atom. The van der Waals surface area contributed by atoms with Gasteiger partial charge >= 0.3 is 0 Å². The highest BCUT2D eigenvalue weighted by molar-refractivity contribution is 5.88. The summed E-state index contributed by atoms with van der Waals surface area (Å²) in [6.07, 6.45) is 9.80. The lowest BCUT2D eigenvalue weighted by Gasteiger charge is -2.19. The molecule has 3 rings (SSSR count). The molecule has 0 spiro atoms. The van der Waals surface area contributed by atoms with E-state index < -0.39 is 0 Å². The first-order valence-corrected chi connectivity index (χ1v) is 6.82. The summed E-state index contributed by atoms with van der Waals surface area (Å²) >= 11 is 0. The highest BCUT2D eigenvalue weighted by atomic mass is 16.1. The number of fused-ring (bicyclic) bond motifs is 1. The Hall–Kier alpha value is -2.03. The van der Waals surface area contributed by atoms with Crippen molar-refractivity contribution in [2.45, 2.75) is 31.7 Å². The monoisotopic (exact) mass is 254 g/mol. The standard InChI is InChI=1S/C16H18N2O/c19-16(18-13-6-2-1-3-7-13)10-12-11-17-15-9-5-4-8-14(12)15/h1-2,4-5,8-9,11,13,17H,3,6-7,10H2,(H,18,19). The largest absolute Gasteiger partial charge is 0.361 e. The molecule has 2 N–H and O–H groups in total. The van der Waals surface area contributed by atoms with E-state index in [0.29, 0.717) is 12.5 Å². The van der Waals surface area contributed by atoms with Crippen LogP contribution < -0.4 is 5.32 Å². The third kappa shape index (κ3) is 2.70. The van der Waals surface area contributed by atoms with Gasteiger partial charge in [-0.15, -0.1) is 0 Å². The van der Waals surface area contributed by atoms with Crippen LogP contribution in [-0.2, 0) is 11.2 Å². The minimum Gasteiger partial charge on any atom is -0.361 e. The molecule has 0 aliphatic heterocycles. The number of aromatic amines is 1. The zero-order chi connectivity index (χ0) is 13.1. The van der Waals surface area contributed by atoms with Crippen LogP contribution in [0.1, 0.15) is 24.8 Å². The summed E-state index contributed by atoms with van der Waals surface area (Å²) in [5.41, 5.74) is 2.16. The normalized spacial score (nSPS) is 18.6. The van der Waals surface area contributed by atoms with Gasteiger partial charge in [0.15, 0.2) is 0 Å². The first-order valence-electron chi connectivity index (χ1n) is 6.82. The van der Waals surface area contributed by atoms with Gasteiger partial charge in [-0.25, -0.2) is 0 Å². The quantitative estimate of drug-likeness (QED) is 0.813. The van der Waals surface area contributed by atoms with Gasteiger partial charge in [0, 0.05) is 23.1 Å². The van der Waals surface area contributed by atoms with Crippen LogP contribution in [0.4, 0.5) is 0 Å². The van der Waals surface area contributed by atoms with Crippen LogP contribution in [0.3, 0.4) is 0 Å². The van der Waals surface area contributed by atoms with Crippen LogP contribution in [0, 0.1) is 0 Å². The van der Waals surface area contributed by atoms with Crippen molar-refractivity contribution in [1.29, 1.82) is 0 Å². The molecule has 98 valence electrons. The minimum absolute atomic E-state index is 0.116. The average molecular weight is 254 g/mol. The number of H-pyrrole nitrogens is 1. The summed E-state index contributed by atoms with van der Waals surface area (Å²) in [5.74, 6) is 0.116. The molecular weight excluding hydrogens is 236 g/mol. The van der Waals surface area contributed by atoms with Gasteiger partial charge in [0.05, 0.1) is 6.42 Å². The summed E-state index contributed by atoms with van der Waals surface area (Å²) in [5, 5.41) is 4.26. The second-order valence-corrected chi connectivity index (χ2v) is 5.09. The van der Waals surface area contributed by atoms with E-state index in [0.717, 1.165) is 35.7 Å². The number of nitrogens with one attached hydrogen (secondary N) is 2. The van der Waals surface area contributed by atoms with E-state index in [4.69, 9.17) is 0 Å². The molecule has 1 atom stereocenters. The average Bonchev–Trinajstić information content (AvgIpc) is 2.83. The van der Waals surface area contributed by atoms with Crippen molar-refractivity contribution in [3.8, 4) is 0 Å². The summed E-state index contributed by atoms with van der Waals surface area (Å²) in [6.45, 7) is 0. The molecule has 1 aliphatic rings. The smallest absolute Gasteiger partial charge is 0.224 e. The molecule has 19 heavy (non-hydrogen) atoms. The number of benzene rings is 1. The summed E-state index contributed by atoms with van der Waals surface area (Å²) in [7, 11) is 0. The molecule has 0 saturated carbocycles. The van der Waals surface area contributed by atoms with Crippen molar-refractivity contribution in [3.63, 3.8) is 0 Å². The lowest BCUT2D eigenvalue weighted by atomic mass is 10.0. The minimum atomic E-state index is 0.116. The number of allylic oxidation sites excluding steroid dienone is 1. The highest BCUT2D eigenvalue weighted by Crippen LogP contribution is 2.18. The van der Waals surface area contributed by atoms with E-state index in [1.54, 1.807) is 0 Å². The number of carbonyl (C=O) groups excluding carboxylic acids is 1. The lowest BCUT2D eigenvalue weighted by molar-refractivity contribution is -0.121. The third-order valence-electron chi connectivity index (χ3n) is 3.66. The molecular formula is C16H18N2O. The van der Waals surface area contributed by atoms with Crippen molar-refractivity contribution in [1.82, 2.24) is 10.3 Å². The Morgan fingerprint density at radius 1 is 1.32 bits per heavy atom. The molecule has 0 radical (unpaired) electrons. The predicted molar refractivity (Wildman–Crippen MR) is 76.9 cm³/mol. The molecule has 1 amide bonds. The number of hydrogen-bond acceptors (Lipinski definition) is 1. The zero-order valence-electron chi connectivity index (χ0n) is 10.9. The first-order chi connectivity index (χ1) is 9.33. The van der Waals surface area contributed by atoms with Crippen molar-refractivity contribution >= 4 is 16.8 Å². The molecule has 1 aromatic carbocycles. The number of aromatic nitrogens is 1. The number of rotatable bonds is 3.